The molecule has 8 aromatic carbocycles. The first-order valence-corrected chi connectivity index (χ1v) is 24.7. The second-order valence-electron chi connectivity index (χ2n) is 19.0. The van der Waals surface area contributed by atoms with Gasteiger partial charge in [0.1, 0.15) is 11.2 Å². The van der Waals surface area contributed by atoms with Crippen molar-refractivity contribution in [3.05, 3.63) is 205 Å². The Bertz CT molecular complexity index is 3510. The number of aromatic nitrogens is 4. The van der Waals surface area contributed by atoms with E-state index in [1.165, 1.54) is 42.6 Å². The van der Waals surface area contributed by atoms with Gasteiger partial charge in [0.2, 0.25) is 5.95 Å². The number of nitrogens with zero attached hydrogens (tertiary/aromatic N) is 4. The number of fused-ring (bicyclic) bond motifs is 7. The van der Waals surface area contributed by atoms with Gasteiger partial charge in [0.05, 0.1) is 11.0 Å². The molecule has 0 saturated carbocycles. The summed E-state index contributed by atoms with van der Waals surface area (Å²) in [6, 6.07) is 70.2. The van der Waals surface area contributed by atoms with E-state index in [0.29, 0.717) is 17.6 Å². The van der Waals surface area contributed by atoms with Gasteiger partial charge in [-0.25, -0.2) is 4.98 Å². The molecule has 1 aliphatic rings. The Balaban J connectivity index is 1.16. The monoisotopic (exact) mass is 856 g/mol. The van der Waals surface area contributed by atoms with E-state index in [-0.39, 0.29) is 10.8 Å². The maximum Gasteiger partial charge on any atom is 0.238 e. The summed E-state index contributed by atoms with van der Waals surface area (Å²) in [5.41, 5.74) is 8.52. The van der Waals surface area contributed by atoms with Gasteiger partial charge in [0.15, 0.2) is 19.7 Å². The molecule has 0 unspecified atom stereocenters. The molecular formula is C59H48N4OSi. The molecular weight excluding hydrogens is 809 g/mol. The maximum absolute atomic E-state index is 6.44. The molecule has 314 valence electrons. The third-order valence-corrected chi connectivity index (χ3v) is 19.1. The molecule has 0 fully saturated rings. The van der Waals surface area contributed by atoms with Gasteiger partial charge in [-0.3, -0.25) is 4.57 Å². The molecule has 0 spiro atoms. The van der Waals surface area contributed by atoms with Crippen molar-refractivity contribution < 1.29 is 4.42 Å². The van der Waals surface area contributed by atoms with Gasteiger partial charge in [-0.2, -0.15) is 9.97 Å². The van der Waals surface area contributed by atoms with E-state index in [2.05, 4.69) is 202 Å². The molecule has 12 rings (SSSR count). The van der Waals surface area contributed by atoms with Crippen LogP contribution in [0.1, 0.15) is 51.7 Å². The molecule has 11 aromatic rings. The molecule has 0 aliphatic heterocycles. The van der Waals surface area contributed by atoms with Crippen molar-refractivity contribution in [2.45, 2.75) is 51.4 Å². The Labute approximate surface area is 380 Å². The first-order valence-electron chi connectivity index (χ1n) is 22.7. The largest absolute Gasteiger partial charge is 0.456 e. The molecule has 5 nitrogen and oxygen atoms in total. The minimum Gasteiger partial charge on any atom is -0.456 e. The van der Waals surface area contributed by atoms with Gasteiger partial charge < -0.3 is 4.42 Å². The summed E-state index contributed by atoms with van der Waals surface area (Å²) in [6.07, 6.45) is 2.27. The number of para-hydroxylation sites is 2. The first kappa shape index (κ1) is 39.2. The molecule has 6 heteroatoms. The van der Waals surface area contributed by atoms with Crippen molar-refractivity contribution in [3.8, 4) is 28.7 Å². The van der Waals surface area contributed by atoms with Crippen LogP contribution < -0.4 is 20.7 Å². The van der Waals surface area contributed by atoms with Crippen LogP contribution in [0.2, 0.25) is 0 Å². The molecule has 3 heterocycles. The van der Waals surface area contributed by atoms with Crippen molar-refractivity contribution >= 4 is 72.6 Å². The predicted octanol–water partition coefficient (Wildman–Crippen LogP) is 11.9. The zero-order valence-electron chi connectivity index (χ0n) is 37.1. The SMILES string of the molecule is CC1(C)CCC(C)(C)c2cc3c(cc21)c1ccccc1n3-c1nc(-c2cccc([Si](c3ccccc3)(c3ccccc3)c3ccccc3)c2)nc(-c2cccc3oc4ccccc4c23)n1. The average molecular weight is 857 g/mol. The molecule has 0 saturated heterocycles. The highest BCUT2D eigenvalue weighted by atomic mass is 28.3. The van der Waals surface area contributed by atoms with Crippen LogP contribution in [0.5, 0.6) is 0 Å². The van der Waals surface area contributed by atoms with Crippen molar-refractivity contribution in [1.29, 1.82) is 0 Å². The highest BCUT2D eigenvalue weighted by Crippen LogP contribution is 2.48. The third kappa shape index (κ3) is 6.15. The number of hydrogen-bond donors (Lipinski definition) is 0. The lowest BCUT2D eigenvalue weighted by atomic mass is 9.63. The Kier molecular flexibility index (Phi) is 8.94. The van der Waals surface area contributed by atoms with Crippen LogP contribution in [-0.4, -0.2) is 27.6 Å². The molecule has 0 atom stereocenters. The molecule has 65 heavy (non-hydrogen) atoms. The minimum atomic E-state index is -2.87. The van der Waals surface area contributed by atoms with Crippen LogP contribution in [0, 0.1) is 0 Å². The average Bonchev–Trinajstić information content (AvgIpc) is 3.90. The summed E-state index contributed by atoms with van der Waals surface area (Å²) in [4.78, 5) is 16.5. The predicted molar refractivity (Wildman–Crippen MR) is 271 cm³/mol. The van der Waals surface area contributed by atoms with Gasteiger partial charge in [-0.15, -0.1) is 0 Å². The fourth-order valence-electron chi connectivity index (χ4n) is 10.9. The second kappa shape index (κ2) is 14.8. The van der Waals surface area contributed by atoms with E-state index in [9.17, 15) is 0 Å². The third-order valence-electron chi connectivity index (χ3n) is 14.3. The van der Waals surface area contributed by atoms with Crippen LogP contribution in [0.15, 0.2) is 199 Å². The van der Waals surface area contributed by atoms with Crippen LogP contribution in [0.25, 0.3) is 72.5 Å². The minimum absolute atomic E-state index is 0.0147. The van der Waals surface area contributed by atoms with Gasteiger partial charge in [-0.1, -0.05) is 191 Å². The summed E-state index contributed by atoms with van der Waals surface area (Å²) in [7, 11) is -2.87. The number of benzene rings is 8. The molecule has 0 N–H and O–H groups in total. The van der Waals surface area contributed by atoms with E-state index in [1.54, 1.807) is 0 Å². The Morgan fingerprint density at radius 3 is 1.66 bits per heavy atom. The number of hydrogen-bond acceptors (Lipinski definition) is 4. The van der Waals surface area contributed by atoms with Crippen molar-refractivity contribution in [3.63, 3.8) is 0 Å². The number of furan rings is 1. The second-order valence-corrected chi connectivity index (χ2v) is 22.8. The molecule has 0 radical (unpaired) electrons. The fourth-order valence-corrected chi connectivity index (χ4v) is 15.7. The topological polar surface area (TPSA) is 56.7 Å². The summed E-state index contributed by atoms with van der Waals surface area (Å²) in [5, 5.41) is 9.59. The molecule has 3 aromatic heterocycles. The zero-order chi connectivity index (χ0) is 43.9. The molecule has 1 aliphatic carbocycles. The van der Waals surface area contributed by atoms with Crippen LogP contribution in [0.4, 0.5) is 0 Å². The van der Waals surface area contributed by atoms with Crippen molar-refractivity contribution in [2.24, 2.45) is 0 Å². The fraction of sp³-hybridized carbons (Fsp3) is 0.136. The lowest BCUT2D eigenvalue weighted by Crippen LogP contribution is -2.74. The Morgan fingerprint density at radius 1 is 0.446 bits per heavy atom. The van der Waals surface area contributed by atoms with Crippen LogP contribution >= 0.6 is 0 Å². The summed E-state index contributed by atoms with van der Waals surface area (Å²) in [5.74, 6) is 1.78. The Hall–Kier alpha value is -7.41. The molecule has 0 bridgehead atoms. The normalized spacial score (nSPS) is 14.6. The number of rotatable bonds is 7. The lowest BCUT2D eigenvalue weighted by Gasteiger charge is -2.42. The van der Waals surface area contributed by atoms with E-state index < -0.39 is 8.07 Å². The first-order chi connectivity index (χ1) is 31.7. The summed E-state index contributed by atoms with van der Waals surface area (Å²) in [6.45, 7) is 9.59. The van der Waals surface area contributed by atoms with Gasteiger partial charge in [0, 0.05) is 32.7 Å². The molecule has 0 amide bonds. The lowest BCUT2D eigenvalue weighted by molar-refractivity contribution is 0.332. The van der Waals surface area contributed by atoms with Crippen LogP contribution in [-0.2, 0) is 10.8 Å². The Morgan fingerprint density at radius 2 is 0.985 bits per heavy atom. The van der Waals surface area contributed by atoms with Crippen LogP contribution in [0.3, 0.4) is 0 Å². The maximum atomic E-state index is 6.44. The standard InChI is InChI=1S/C59H48N4OSi/c1-58(2)34-35-59(3,4)49-38-51-47(37-48(49)58)44-28-14-16-31-50(44)63(51)57-61-55(60-56(62-57)46-30-19-33-53-54(46)45-29-15-17-32-52(45)64-53)39-20-18-27-43(36-39)65(40-21-8-5-9-22-40,41-23-10-6-11-24-41)42-25-12-7-13-26-42/h5-33,36-38H,34-35H2,1-4H3. The van der Waals surface area contributed by atoms with E-state index in [4.69, 9.17) is 19.4 Å². The summed E-state index contributed by atoms with van der Waals surface area (Å²) >= 11 is 0. The zero-order valence-corrected chi connectivity index (χ0v) is 38.1. The summed E-state index contributed by atoms with van der Waals surface area (Å²) < 4.78 is 8.73. The highest BCUT2D eigenvalue weighted by Gasteiger charge is 2.42. The highest BCUT2D eigenvalue weighted by molar-refractivity contribution is 7.19. The van der Waals surface area contributed by atoms with Gasteiger partial charge in [0.25, 0.3) is 0 Å². The smallest absolute Gasteiger partial charge is 0.238 e. The quantitative estimate of drug-likeness (QED) is 0.118. The van der Waals surface area contributed by atoms with Crippen molar-refractivity contribution in [2.75, 3.05) is 0 Å². The van der Waals surface area contributed by atoms with E-state index in [1.807, 2.05) is 24.3 Å². The van der Waals surface area contributed by atoms with Crippen molar-refractivity contribution in [1.82, 2.24) is 19.5 Å². The van der Waals surface area contributed by atoms with E-state index >= 15 is 0 Å². The van der Waals surface area contributed by atoms with Gasteiger partial charge >= 0.3 is 0 Å². The van der Waals surface area contributed by atoms with E-state index in [0.717, 1.165) is 56.9 Å². The van der Waals surface area contributed by atoms with Gasteiger partial charge in [-0.05, 0) is 85.9 Å².